The van der Waals surface area contributed by atoms with Crippen molar-refractivity contribution in [2.24, 2.45) is 0 Å². The number of rotatable bonds is 1. The fourth-order valence-electron chi connectivity index (χ4n) is 1.02. The van der Waals surface area contributed by atoms with Crippen molar-refractivity contribution in [1.82, 2.24) is 4.98 Å². The molecule has 0 spiro atoms. The summed E-state index contributed by atoms with van der Waals surface area (Å²) in [5.41, 5.74) is 0.616. The highest BCUT2D eigenvalue weighted by Gasteiger charge is 2.07. The van der Waals surface area contributed by atoms with Crippen LogP contribution in [0.25, 0.3) is 11.5 Å². The minimum atomic E-state index is -0.309. The molecule has 0 saturated heterocycles. The van der Waals surface area contributed by atoms with Gasteiger partial charge in [-0.05, 0) is 34.1 Å². The Balaban J connectivity index is 2.57. The molecule has 0 atom stereocenters. The lowest BCUT2D eigenvalue weighted by molar-refractivity contribution is 0.572. The maximum absolute atomic E-state index is 12.8. The lowest BCUT2D eigenvalue weighted by Gasteiger charge is -1.98. The van der Waals surface area contributed by atoms with Gasteiger partial charge in [0.25, 0.3) is 0 Å². The first-order valence-electron chi connectivity index (χ1n) is 3.62. The molecular weight excluding hydrogens is 237 g/mol. The predicted molar refractivity (Wildman–Crippen MR) is 49.6 cm³/mol. The summed E-state index contributed by atoms with van der Waals surface area (Å²) in [5, 5.41) is 0. The van der Waals surface area contributed by atoms with Gasteiger partial charge in [0.1, 0.15) is 12.1 Å². The smallest absolute Gasteiger partial charge is 0.227 e. The maximum atomic E-state index is 12.8. The fourth-order valence-corrected chi connectivity index (χ4v) is 1.43. The van der Waals surface area contributed by atoms with Gasteiger partial charge in [0, 0.05) is 4.47 Å². The molecule has 0 saturated carbocycles. The van der Waals surface area contributed by atoms with E-state index in [4.69, 9.17) is 4.42 Å². The Labute approximate surface area is 82.5 Å². The van der Waals surface area contributed by atoms with Crippen molar-refractivity contribution in [2.75, 3.05) is 0 Å². The number of aromatic nitrogens is 1. The summed E-state index contributed by atoms with van der Waals surface area (Å²) in [4.78, 5) is 3.93. The van der Waals surface area contributed by atoms with Crippen LogP contribution >= 0.6 is 15.9 Å². The molecule has 0 fully saturated rings. The van der Waals surface area contributed by atoms with Crippen molar-refractivity contribution in [3.63, 3.8) is 0 Å². The summed E-state index contributed by atoms with van der Waals surface area (Å²) in [6.07, 6.45) is 2.97. The molecule has 0 amide bonds. The second-order valence-electron chi connectivity index (χ2n) is 2.46. The normalized spacial score (nSPS) is 10.3. The highest BCUT2D eigenvalue weighted by Crippen LogP contribution is 2.27. The highest BCUT2D eigenvalue weighted by molar-refractivity contribution is 9.10. The van der Waals surface area contributed by atoms with Crippen LogP contribution in [0.3, 0.4) is 0 Å². The van der Waals surface area contributed by atoms with Crippen LogP contribution in [0.2, 0.25) is 0 Å². The molecule has 0 N–H and O–H groups in total. The first-order valence-corrected chi connectivity index (χ1v) is 4.41. The van der Waals surface area contributed by atoms with Gasteiger partial charge in [-0.3, -0.25) is 0 Å². The molecular formula is C9H5BrFNO. The lowest BCUT2D eigenvalue weighted by Crippen LogP contribution is -1.81. The molecule has 0 aliphatic heterocycles. The molecule has 2 aromatic rings. The van der Waals surface area contributed by atoms with Crippen LogP contribution in [0, 0.1) is 5.82 Å². The Morgan fingerprint density at radius 2 is 2.23 bits per heavy atom. The molecule has 1 aromatic carbocycles. The molecule has 1 aromatic heterocycles. The van der Waals surface area contributed by atoms with E-state index in [1.54, 1.807) is 6.07 Å². The standard InChI is InChI=1S/C9H5BrFNO/c10-8-2-1-6(11)5-7(8)9-12-3-4-13-9/h1-5H. The van der Waals surface area contributed by atoms with Crippen LogP contribution in [0.5, 0.6) is 0 Å². The second-order valence-corrected chi connectivity index (χ2v) is 3.32. The fraction of sp³-hybridized carbons (Fsp3) is 0. The molecule has 13 heavy (non-hydrogen) atoms. The first kappa shape index (κ1) is 8.44. The zero-order valence-electron chi connectivity index (χ0n) is 6.50. The molecule has 0 unspecified atom stereocenters. The Bertz CT molecular complexity index is 414. The second kappa shape index (κ2) is 3.30. The van der Waals surface area contributed by atoms with Gasteiger partial charge < -0.3 is 4.42 Å². The maximum Gasteiger partial charge on any atom is 0.227 e. The van der Waals surface area contributed by atoms with Crippen molar-refractivity contribution in [3.8, 4) is 11.5 Å². The zero-order chi connectivity index (χ0) is 9.26. The first-order chi connectivity index (χ1) is 6.27. The molecule has 0 aliphatic rings. The van der Waals surface area contributed by atoms with Gasteiger partial charge in [0.15, 0.2) is 0 Å². The summed E-state index contributed by atoms with van der Waals surface area (Å²) in [6, 6.07) is 4.36. The van der Waals surface area contributed by atoms with Crippen LogP contribution in [-0.2, 0) is 0 Å². The van der Waals surface area contributed by atoms with E-state index in [2.05, 4.69) is 20.9 Å². The summed E-state index contributed by atoms with van der Waals surface area (Å²) >= 11 is 3.29. The van der Waals surface area contributed by atoms with Gasteiger partial charge >= 0.3 is 0 Å². The van der Waals surface area contributed by atoms with Gasteiger partial charge in [0.2, 0.25) is 5.89 Å². The van der Waals surface area contributed by atoms with E-state index in [1.165, 1.54) is 24.6 Å². The number of hydrogen-bond donors (Lipinski definition) is 0. The van der Waals surface area contributed by atoms with E-state index >= 15 is 0 Å². The molecule has 4 heteroatoms. The summed E-state index contributed by atoms with van der Waals surface area (Å²) in [6.45, 7) is 0. The van der Waals surface area contributed by atoms with Crippen LogP contribution < -0.4 is 0 Å². The van der Waals surface area contributed by atoms with Crippen molar-refractivity contribution in [3.05, 3.63) is 40.9 Å². The van der Waals surface area contributed by atoms with Crippen molar-refractivity contribution >= 4 is 15.9 Å². The average molecular weight is 242 g/mol. The number of halogens is 2. The van der Waals surface area contributed by atoms with E-state index in [-0.39, 0.29) is 5.82 Å². The lowest BCUT2D eigenvalue weighted by atomic mass is 10.2. The van der Waals surface area contributed by atoms with Gasteiger partial charge in [0.05, 0.1) is 11.8 Å². The van der Waals surface area contributed by atoms with Crippen LogP contribution in [0.1, 0.15) is 0 Å². The molecule has 1 heterocycles. The Kier molecular flexibility index (Phi) is 2.14. The van der Waals surface area contributed by atoms with Crippen LogP contribution in [-0.4, -0.2) is 4.98 Å². The summed E-state index contributed by atoms with van der Waals surface area (Å²) < 4.78 is 18.7. The van der Waals surface area contributed by atoms with E-state index in [0.29, 0.717) is 11.5 Å². The molecule has 0 radical (unpaired) electrons. The summed E-state index contributed by atoms with van der Waals surface area (Å²) in [5.74, 6) is 0.0998. The van der Waals surface area contributed by atoms with E-state index in [1.807, 2.05) is 0 Å². The number of nitrogens with zero attached hydrogens (tertiary/aromatic N) is 1. The minimum absolute atomic E-state index is 0.309. The van der Waals surface area contributed by atoms with Gasteiger partial charge in [-0.2, -0.15) is 0 Å². The van der Waals surface area contributed by atoms with Crippen molar-refractivity contribution in [1.29, 1.82) is 0 Å². The molecule has 2 nitrogen and oxygen atoms in total. The third-order valence-corrected chi connectivity index (χ3v) is 2.28. The molecule has 0 aliphatic carbocycles. The van der Waals surface area contributed by atoms with Crippen LogP contribution in [0.4, 0.5) is 4.39 Å². The zero-order valence-corrected chi connectivity index (χ0v) is 8.08. The van der Waals surface area contributed by atoms with Gasteiger partial charge in [-0.15, -0.1) is 0 Å². The average Bonchev–Trinajstić information content (AvgIpc) is 2.61. The monoisotopic (exact) mass is 241 g/mol. The molecule has 66 valence electrons. The van der Waals surface area contributed by atoms with Crippen molar-refractivity contribution < 1.29 is 8.81 Å². The molecule has 0 bridgehead atoms. The van der Waals surface area contributed by atoms with Gasteiger partial charge in [-0.25, -0.2) is 9.37 Å². The van der Waals surface area contributed by atoms with Gasteiger partial charge in [-0.1, -0.05) is 0 Å². The number of oxazole rings is 1. The Morgan fingerprint density at radius 3 is 2.92 bits per heavy atom. The largest absolute Gasteiger partial charge is 0.444 e. The Morgan fingerprint density at radius 1 is 1.38 bits per heavy atom. The minimum Gasteiger partial charge on any atom is -0.444 e. The predicted octanol–water partition coefficient (Wildman–Crippen LogP) is 3.24. The van der Waals surface area contributed by atoms with E-state index in [0.717, 1.165) is 4.47 Å². The number of benzene rings is 1. The third kappa shape index (κ3) is 1.62. The SMILES string of the molecule is Fc1ccc(Br)c(-c2ncco2)c1. The van der Waals surface area contributed by atoms with E-state index in [9.17, 15) is 4.39 Å². The third-order valence-electron chi connectivity index (χ3n) is 1.59. The highest BCUT2D eigenvalue weighted by atomic mass is 79.9. The number of hydrogen-bond acceptors (Lipinski definition) is 2. The Hall–Kier alpha value is -1.16. The van der Waals surface area contributed by atoms with E-state index < -0.39 is 0 Å². The van der Waals surface area contributed by atoms with Crippen LogP contribution in [0.15, 0.2) is 39.5 Å². The topological polar surface area (TPSA) is 26.0 Å². The summed E-state index contributed by atoms with van der Waals surface area (Å²) in [7, 11) is 0. The molecule has 2 rings (SSSR count). The van der Waals surface area contributed by atoms with Crippen molar-refractivity contribution in [2.45, 2.75) is 0 Å². The quantitative estimate of drug-likeness (QED) is 0.767.